The second-order valence-corrected chi connectivity index (χ2v) is 7.54. The lowest BCUT2D eigenvalue weighted by Crippen LogP contribution is -2.40. The maximum absolute atomic E-state index is 15.4. The molecule has 2 aliphatic rings. The number of rotatable bonds is 5. The Labute approximate surface area is 145 Å². The number of halogens is 1. The average molecular weight is 334 g/mol. The molecule has 2 nitrogen and oxygen atoms in total. The lowest BCUT2D eigenvalue weighted by Gasteiger charge is -2.40. The normalized spacial score (nSPS) is 34.2. The van der Waals surface area contributed by atoms with Gasteiger partial charge in [0.1, 0.15) is 5.67 Å². The summed E-state index contributed by atoms with van der Waals surface area (Å²) in [6.07, 6.45) is 6.05. The molecule has 3 rings (SSSR count). The maximum atomic E-state index is 15.4. The third-order valence-electron chi connectivity index (χ3n) is 5.78. The summed E-state index contributed by atoms with van der Waals surface area (Å²) >= 11 is 0. The lowest BCUT2D eigenvalue weighted by atomic mass is 9.76. The van der Waals surface area contributed by atoms with Gasteiger partial charge in [-0.3, -0.25) is 0 Å². The van der Waals surface area contributed by atoms with E-state index in [0.717, 1.165) is 38.0 Å². The van der Waals surface area contributed by atoms with Crippen LogP contribution in [-0.4, -0.2) is 19.5 Å². The minimum absolute atomic E-state index is 0.120. The predicted molar refractivity (Wildman–Crippen MR) is 94.7 cm³/mol. The molecule has 0 bridgehead atoms. The van der Waals surface area contributed by atoms with Gasteiger partial charge in [0.05, 0.1) is 13.2 Å². The van der Waals surface area contributed by atoms with E-state index < -0.39 is 5.67 Å². The van der Waals surface area contributed by atoms with Crippen LogP contribution in [0, 0.1) is 11.8 Å². The summed E-state index contributed by atoms with van der Waals surface area (Å²) in [7, 11) is 0. The van der Waals surface area contributed by atoms with Crippen LogP contribution in [0.2, 0.25) is 0 Å². The number of hydrogen-bond acceptors (Lipinski definition) is 2. The molecule has 24 heavy (non-hydrogen) atoms. The van der Waals surface area contributed by atoms with Crippen LogP contribution in [0.3, 0.4) is 0 Å². The zero-order valence-electron chi connectivity index (χ0n) is 15.1. The van der Waals surface area contributed by atoms with Crippen molar-refractivity contribution in [3.8, 4) is 0 Å². The number of aryl methyl sites for hydroxylation is 1. The first kappa shape index (κ1) is 17.9. The summed E-state index contributed by atoms with van der Waals surface area (Å²) in [5, 5.41) is 0. The summed E-state index contributed by atoms with van der Waals surface area (Å²) < 4.78 is 27.2. The first-order chi connectivity index (χ1) is 11.6. The van der Waals surface area contributed by atoms with Crippen molar-refractivity contribution in [1.29, 1.82) is 0 Å². The Bertz CT molecular complexity index is 497. The van der Waals surface area contributed by atoms with Crippen molar-refractivity contribution < 1.29 is 13.9 Å². The molecule has 1 aromatic rings. The van der Waals surface area contributed by atoms with Crippen molar-refractivity contribution >= 4 is 0 Å². The highest BCUT2D eigenvalue weighted by Gasteiger charge is 2.40. The predicted octanol–water partition coefficient (Wildman–Crippen LogP) is 5.39. The molecule has 2 fully saturated rings. The molecule has 134 valence electrons. The molecule has 0 unspecified atom stereocenters. The lowest BCUT2D eigenvalue weighted by molar-refractivity contribution is -0.232. The number of ether oxygens (including phenoxy) is 2. The van der Waals surface area contributed by atoms with Crippen molar-refractivity contribution in [3.63, 3.8) is 0 Å². The van der Waals surface area contributed by atoms with E-state index in [4.69, 9.17) is 9.47 Å². The molecule has 3 heteroatoms. The molecule has 1 heterocycles. The summed E-state index contributed by atoms with van der Waals surface area (Å²) in [4.78, 5) is 0. The second kappa shape index (κ2) is 7.97. The molecule has 0 atom stereocenters. The molecule has 1 saturated heterocycles. The van der Waals surface area contributed by atoms with Crippen molar-refractivity contribution in [2.75, 3.05) is 13.2 Å². The van der Waals surface area contributed by atoms with Crippen LogP contribution in [0.5, 0.6) is 0 Å². The molecule has 1 aliphatic carbocycles. The van der Waals surface area contributed by atoms with Gasteiger partial charge in [0.2, 0.25) is 0 Å². The fourth-order valence-electron chi connectivity index (χ4n) is 4.10. The summed E-state index contributed by atoms with van der Waals surface area (Å²) in [5.74, 6) is 0.874. The van der Waals surface area contributed by atoms with Crippen LogP contribution < -0.4 is 0 Å². The van der Waals surface area contributed by atoms with Crippen molar-refractivity contribution in [2.24, 2.45) is 11.8 Å². The van der Waals surface area contributed by atoms with Crippen molar-refractivity contribution in [2.45, 2.75) is 70.8 Å². The largest absolute Gasteiger partial charge is 0.352 e. The topological polar surface area (TPSA) is 18.5 Å². The summed E-state index contributed by atoms with van der Waals surface area (Å²) in [5.41, 5.74) is 0.927. The van der Waals surface area contributed by atoms with Gasteiger partial charge in [-0.25, -0.2) is 4.39 Å². The molecule has 0 spiro atoms. The summed E-state index contributed by atoms with van der Waals surface area (Å²) in [6.45, 7) is 5.92. The van der Waals surface area contributed by atoms with E-state index >= 15 is 4.39 Å². The highest BCUT2D eigenvalue weighted by atomic mass is 19.1. The molecule has 1 saturated carbocycles. The Morgan fingerprint density at radius 1 is 1.04 bits per heavy atom. The summed E-state index contributed by atoms with van der Waals surface area (Å²) in [6, 6.07) is 8.07. The minimum atomic E-state index is -1.18. The van der Waals surface area contributed by atoms with Crippen LogP contribution in [0.1, 0.15) is 63.5 Å². The standard InChI is InChI=1S/C21H31FO2/c1-3-5-17-14-23-20(24-15-17)18-10-12-21(22,13-11-18)19-8-6-16(4-2)7-9-19/h6-9,17-18,20H,3-5,10-15H2,1-2H3. The van der Waals surface area contributed by atoms with Gasteiger partial charge in [0.15, 0.2) is 6.29 Å². The highest BCUT2D eigenvalue weighted by Crippen LogP contribution is 2.44. The van der Waals surface area contributed by atoms with Gasteiger partial charge < -0.3 is 9.47 Å². The fraction of sp³-hybridized carbons (Fsp3) is 0.714. The third-order valence-corrected chi connectivity index (χ3v) is 5.78. The Morgan fingerprint density at radius 3 is 2.21 bits per heavy atom. The smallest absolute Gasteiger partial charge is 0.160 e. The van der Waals surface area contributed by atoms with E-state index in [1.165, 1.54) is 18.4 Å². The van der Waals surface area contributed by atoms with Crippen LogP contribution in [0.15, 0.2) is 24.3 Å². The molecule has 0 aromatic heterocycles. The SMILES string of the molecule is CCCC1COC(C2CCC(F)(c3ccc(CC)cc3)CC2)OC1. The van der Waals surface area contributed by atoms with Crippen LogP contribution in [0.25, 0.3) is 0 Å². The molecule has 0 amide bonds. The van der Waals surface area contributed by atoms with Gasteiger partial charge in [-0.1, -0.05) is 44.5 Å². The number of hydrogen-bond donors (Lipinski definition) is 0. The van der Waals surface area contributed by atoms with Gasteiger partial charge in [-0.2, -0.15) is 0 Å². The quantitative estimate of drug-likeness (QED) is 0.718. The Balaban J connectivity index is 1.53. The van der Waals surface area contributed by atoms with E-state index in [0.29, 0.717) is 24.7 Å². The van der Waals surface area contributed by atoms with Gasteiger partial charge >= 0.3 is 0 Å². The maximum Gasteiger partial charge on any atom is 0.160 e. The third kappa shape index (κ3) is 4.00. The molecule has 0 radical (unpaired) electrons. The number of alkyl halides is 1. The van der Waals surface area contributed by atoms with E-state index in [2.05, 4.69) is 26.0 Å². The Kier molecular flexibility index (Phi) is 5.93. The van der Waals surface area contributed by atoms with E-state index in [1.54, 1.807) is 0 Å². The van der Waals surface area contributed by atoms with Crippen LogP contribution in [-0.2, 0) is 21.6 Å². The zero-order chi connectivity index (χ0) is 17.0. The van der Waals surface area contributed by atoms with Gasteiger partial charge in [-0.15, -0.1) is 0 Å². The van der Waals surface area contributed by atoms with Crippen molar-refractivity contribution in [3.05, 3.63) is 35.4 Å². The van der Waals surface area contributed by atoms with Crippen LogP contribution >= 0.6 is 0 Å². The first-order valence-corrected chi connectivity index (χ1v) is 9.66. The molecule has 1 aliphatic heterocycles. The number of benzene rings is 1. The van der Waals surface area contributed by atoms with E-state index in [-0.39, 0.29) is 6.29 Å². The van der Waals surface area contributed by atoms with Gasteiger partial charge in [0.25, 0.3) is 0 Å². The van der Waals surface area contributed by atoms with E-state index in [1.807, 2.05) is 12.1 Å². The molecular formula is C21H31FO2. The Hall–Kier alpha value is -0.930. The Morgan fingerprint density at radius 2 is 1.67 bits per heavy atom. The zero-order valence-corrected chi connectivity index (χ0v) is 15.1. The average Bonchev–Trinajstić information content (AvgIpc) is 2.63. The van der Waals surface area contributed by atoms with Gasteiger partial charge in [0, 0.05) is 11.8 Å². The minimum Gasteiger partial charge on any atom is -0.352 e. The monoisotopic (exact) mass is 334 g/mol. The fourth-order valence-corrected chi connectivity index (χ4v) is 4.10. The molecule has 0 N–H and O–H groups in total. The van der Waals surface area contributed by atoms with Crippen molar-refractivity contribution in [1.82, 2.24) is 0 Å². The van der Waals surface area contributed by atoms with E-state index in [9.17, 15) is 0 Å². The molecule has 1 aromatic carbocycles. The van der Waals surface area contributed by atoms with Gasteiger partial charge in [-0.05, 0) is 49.7 Å². The first-order valence-electron chi connectivity index (χ1n) is 9.66. The second-order valence-electron chi connectivity index (χ2n) is 7.54. The molecular weight excluding hydrogens is 303 g/mol. The van der Waals surface area contributed by atoms with Crippen LogP contribution in [0.4, 0.5) is 4.39 Å². The highest BCUT2D eigenvalue weighted by molar-refractivity contribution is 5.27.